The number of rotatable bonds is 11. The highest BCUT2D eigenvalue weighted by Gasteiger charge is 2.36. The Morgan fingerprint density at radius 3 is 1.10 bits per heavy atom. The summed E-state index contributed by atoms with van der Waals surface area (Å²) >= 11 is 0. The maximum atomic E-state index is 13.2. The highest BCUT2D eigenvalue weighted by molar-refractivity contribution is 7.86. The highest BCUT2D eigenvalue weighted by Crippen LogP contribution is 2.40. The fourth-order valence-corrected chi connectivity index (χ4v) is 8.30. The summed E-state index contributed by atoms with van der Waals surface area (Å²) in [4.78, 5) is 23.9. The molecule has 0 radical (unpaired) electrons. The van der Waals surface area contributed by atoms with Gasteiger partial charge in [-0.3, -0.25) is 27.8 Å². The predicted molar refractivity (Wildman–Crippen MR) is 211 cm³/mol. The zero-order valence-corrected chi connectivity index (χ0v) is 34.4. The maximum Gasteiger partial charge on any atom is 0.295 e. The van der Waals surface area contributed by atoms with Gasteiger partial charge in [0.25, 0.3) is 52.3 Å². The van der Waals surface area contributed by atoms with Gasteiger partial charge in [-0.25, -0.2) is 0 Å². The van der Waals surface area contributed by atoms with Gasteiger partial charge in [0, 0.05) is 11.1 Å². The van der Waals surface area contributed by atoms with Crippen molar-refractivity contribution in [2.45, 2.75) is 59.4 Å². The molecule has 2 aliphatic heterocycles. The van der Waals surface area contributed by atoms with Gasteiger partial charge in [0.15, 0.2) is 12.1 Å². The first kappa shape index (κ1) is 43.6. The van der Waals surface area contributed by atoms with E-state index >= 15 is 0 Å². The van der Waals surface area contributed by atoms with Gasteiger partial charge >= 0.3 is 0 Å². The van der Waals surface area contributed by atoms with Crippen molar-refractivity contribution >= 4 is 86.5 Å². The molecule has 60 heavy (non-hydrogen) atoms. The molecule has 0 aromatic heterocycles. The summed E-state index contributed by atoms with van der Waals surface area (Å²) in [5.41, 5.74) is -0.295. The zero-order valence-electron chi connectivity index (χ0n) is 31.2. The van der Waals surface area contributed by atoms with Crippen LogP contribution >= 0.6 is 0 Å². The second-order valence-electron chi connectivity index (χ2n) is 13.2. The Labute approximate surface area is 341 Å². The topological polar surface area (TPSA) is 332 Å². The SMILES string of the molecule is CC1=NN(c2ccc(S(=O)(=O)O)cc2)C(=O)[C@H]1N=Nc1cc(S(=O)(=O)O)c(-c2cc(C)c(N=N[C@H]3C(=O)N(c4ccc(S(=O)(=O)O)cc4)N=C3C)cc2S(=O)(=O)O)cc1C. The van der Waals surface area contributed by atoms with Gasteiger partial charge in [-0.05, 0) is 112 Å². The molecule has 2 atom stereocenters. The minimum absolute atomic E-state index is 0.128. The molecule has 6 rings (SSSR count). The van der Waals surface area contributed by atoms with Crippen molar-refractivity contribution in [1.29, 1.82) is 0 Å². The van der Waals surface area contributed by atoms with Crippen LogP contribution in [0.1, 0.15) is 25.0 Å². The number of carbonyl (C=O) groups excluding carboxylic acids is 2. The van der Waals surface area contributed by atoms with E-state index < -0.39 is 95.1 Å². The minimum atomic E-state index is -5.17. The minimum Gasteiger partial charge on any atom is -0.282 e. The monoisotopic (exact) mass is 902 g/mol. The van der Waals surface area contributed by atoms with E-state index in [1.54, 1.807) is 0 Å². The van der Waals surface area contributed by atoms with Crippen molar-refractivity contribution in [2.24, 2.45) is 30.7 Å². The number of hydrazone groups is 2. The van der Waals surface area contributed by atoms with Gasteiger partial charge in [0.05, 0.1) is 44.0 Å². The molecule has 22 nitrogen and oxygen atoms in total. The number of benzene rings is 4. The summed E-state index contributed by atoms with van der Waals surface area (Å²) in [7, 11) is -19.4. The number of nitrogens with zero attached hydrogens (tertiary/aromatic N) is 8. The van der Waals surface area contributed by atoms with Gasteiger partial charge in [-0.2, -0.15) is 74.3 Å². The summed E-state index contributed by atoms with van der Waals surface area (Å²) in [6, 6.07) is 10.5. The first-order valence-electron chi connectivity index (χ1n) is 16.8. The normalized spacial score (nSPS) is 17.9. The van der Waals surface area contributed by atoms with Crippen LogP contribution < -0.4 is 10.0 Å². The van der Waals surface area contributed by atoms with Crippen molar-refractivity contribution in [1.82, 2.24) is 0 Å². The van der Waals surface area contributed by atoms with Crippen LogP contribution in [0, 0.1) is 13.8 Å². The van der Waals surface area contributed by atoms with Crippen LogP contribution in [-0.4, -0.2) is 87.2 Å². The molecule has 4 aromatic rings. The number of amides is 2. The summed E-state index contributed by atoms with van der Waals surface area (Å²) in [5, 5.41) is 26.2. The molecule has 26 heteroatoms. The fourth-order valence-electron chi connectivity index (χ4n) is 5.92. The lowest BCUT2D eigenvalue weighted by Gasteiger charge is -2.15. The maximum absolute atomic E-state index is 13.2. The number of anilines is 2. The first-order valence-corrected chi connectivity index (χ1v) is 22.5. The summed E-state index contributed by atoms with van der Waals surface area (Å²) in [5.74, 6) is -1.45. The Kier molecular flexibility index (Phi) is 11.3. The number of hydrogen-bond donors (Lipinski definition) is 4. The lowest BCUT2D eigenvalue weighted by molar-refractivity contribution is -0.118. The number of aryl methyl sites for hydroxylation is 2. The van der Waals surface area contributed by atoms with E-state index in [9.17, 15) is 61.5 Å². The Bertz CT molecular complexity index is 2870. The molecule has 4 N–H and O–H groups in total. The predicted octanol–water partition coefficient (Wildman–Crippen LogP) is 4.71. The van der Waals surface area contributed by atoms with Crippen molar-refractivity contribution in [3.05, 3.63) is 83.9 Å². The summed E-state index contributed by atoms with van der Waals surface area (Å²) < 4.78 is 136. The standard InChI is InChI=1S/C34H30N8O14S4/c1-17-13-25(29(59(51,52)53)15-27(17)35-37-31-19(3)39-41(33(31)43)21-5-9-23(10-6-21)57(45,46)47)26-14-18(2)28(16-30(26)60(54,55)56)36-38-32-20(4)40-42(34(32)44)22-7-11-24(12-8-22)58(48,49)50/h5-16,31-32H,1-4H3,(H,45,46,47)(H,48,49,50)(H,51,52,53)(H,54,55,56)/t31-,32+. The van der Waals surface area contributed by atoms with Crippen molar-refractivity contribution in [2.75, 3.05) is 10.0 Å². The molecule has 0 saturated carbocycles. The van der Waals surface area contributed by atoms with Crippen molar-refractivity contribution in [3.8, 4) is 11.1 Å². The highest BCUT2D eigenvalue weighted by atomic mass is 32.2. The van der Waals surface area contributed by atoms with E-state index in [1.807, 2.05) is 0 Å². The smallest absolute Gasteiger partial charge is 0.282 e. The quantitative estimate of drug-likeness (QED) is 0.117. The Balaban J connectivity index is 1.31. The lowest BCUT2D eigenvalue weighted by atomic mass is 9.99. The molecule has 2 amide bonds. The molecular weight excluding hydrogens is 873 g/mol. The molecule has 314 valence electrons. The Hall–Kier alpha value is -6.00. The van der Waals surface area contributed by atoms with Gasteiger partial charge < -0.3 is 0 Å². The summed E-state index contributed by atoms with van der Waals surface area (Å²) in [6.07, 6.45) is 0. The lowest BCUT2D eigenvalue weighted by Crippen LogP contribution is -2.29. The second-order valence-corrected chi connectivity index (χ2v) is 18.8. The molecule has 0 aliphatic carbocycles. The van der Waals surface area contributed by atoms with E-state index in [4.69, 9.17) is 0 Å². The summed E-state index contributed by atoms with van der Waals surface area (Å²) in [6.45, 7) is 5.76. The van der Waals surface area contributed by atoms with Crippen LogP contribution in [0.4, 0.5) is 22.7 Å². The van der Waals surface area contributed by atoms with Gasteiger partial charge in [0.2, 0.25) is 0 Å². The molecule has 4 aromatic carbocycles. The third kappa shape index (κ3) is 8.80. The van der Waals surface area contributed by atoms with E-state index in [1.165, 1.54) is 52.0 Å². The number of hydrogen-bond acceptors (Lipinski definition) is 16. The van der Waals surface area contributed by atoms with Crippen LogP contribution in [0.5, 0.6) is 0 Å². The van der Waals surface area contributed by atoms with Gasteiger partial charge in [0.1, 0.15) is 9.79 Å². The fraction of sp³-hybridized carbons (Fsp3) is 0.176. The van der Waals surface area contributed by atoms with E-state index in [2.05, 4.69) is 30.7 Å². The Morgan fingerprint density at radius 2 is 0.817 bits per heavy atom. The van der Waals surface area contributed by atoms with E-state index in [-0.39, 0.29) is 45.3 Å². The average Bonchev–Trinajstić information content (AvgIpc) is 3.60. The van der Waals surface area contributed by atoms with E-state index in [0.29, 0.717) is 0 Å². The zero-order chi connectivity index (χ0) is 44.3. The number of azo groups is 2. The molecule has 2 heterocycles. The van der Waals surface area contributed by atoms with Crippen LogP contribution in [-0.2, 0) is 50.1 Å². The molecule has 0 spiro atoms. The van der Waals surface area contributed by atoms with Crippen LogP contribution in [0.25, 0.3) is 11.1 Å². The molecular formula is C34H30N8O14S4. The van der Waals surface area contributed by atoms with Crippen molar-refractivity contribution in [3.63, 3.8) is 0 Å². The van der Waals surface area contributed by atoms with Crippen molar-refractivity contribution < 1.29 is 61.5 Å². The molecule has 0 fully saturated rings. The van der Waals surface area contributed by atoms with Crippen LogP contribution in [0.2, 0.25) is 0 Å². The number of carbonyl (C=O) groups is 2. The second kappa shape index (κ2) is 15.6. The third-order valence-corrected chi connectivity index (χ3v) is 12.5. The first-order chi connectivity index (χ1) is 27.8. The third-order valence-electron chi connectivity index (χ3n) is 8.95. The van der Waals surface area contributed by atoms with Gasteiger partial charge in [-0.1, -0.05) is 0 Å². The molecule has 0 unspecified atom stereocenters. The molecule has 2 aliphatic rings. The van der Waals surface area contributed by atoms with E-state index in [0.717, 1.165) is 58.5 Å². The average molecular weight is 903 g/mol. The Morgan fingerprint density at radius 1 is 0.500 bits per heavy atom. The van der Waals surface area contributed by atoms with Crippen LogP contribution in [0.15, 0.2) is 123 Å². The van der Waals surface area contributed by atoms with Crippen LogP contribution in [0.3, 0.4) is 0 Å². The molecule has 0 saturated heterocycles. The largest absolute Gasteiger partial charge is 0.295 e. The molecule has 0 bridgehead atoms. The van der Waals surface area contributed by atoms with Gasteiger partial charge in [-0.15, -0.1) is 0 Å².